The number of benzene rings is 2. The number of carbonyl (C=O) groups is 4. The van der Waals surface area contributed by atoms with Gasteiger partial charge in [-0.05, 0) is 60.8 Å². The number of hydrogen-bond acceptors (Lipinski definition) is 10. The fraction of sp³-hybridized carbons (Fsp3) is 0.269. The van der Waals surface area contributed by atoms with Crippen LogP contribution in [-0.2, 0) is 14.3 Å². The summed E-state index contributed by atoms with van der Waals surface area (Å²) in [5.41, 5.74) is 12.5. The zero-order valence-corrected chi connectivity index (χ0v) is 22.7. The number of primary amides is 1. The molecule has 2 aromatic carbocycles. The van der Waals surface area contributed by atoms with Gasteiger partial charge in [-0.2, -0.15) is 4.37 Å². The number of amides is 3. The lowest BCUT2D eigenvalue weighted by atomic mass is 10.0. The zero-order valence-electron chi connectivity index (χ0n) is 21.8. The molecule has 0 saturated heterocycles. The van der Waals surface area contributed by atoms with E-state index in [1.165, 1.54) is 19.1 Å². The molecule has 3 rings (SSSR count). The number of ether oxygens (including phenoxy) is 3. The normalized spacial score (nSPS) is 11.3. The molecule has 0 aliphatic carbocycles. The standard InChI is InChI=1S/C26H29N5O7S/c1-5-38-19(32)13-29-25(34)22(15-9-10-17(36-3)18(12-15)37-4)31(16-8-6-7-14(2)11-16)26(35)23-20(27)21(24(28)33)30-39-23/h6-12,22H,5,13,27H2,1-4H3,(H2,28,33)(H,29,34)/t22-/m1/s1. The van der Waals surface area contributed by atoms with Crippen LogP contribution in [0.4, 0.5) is 11.4 Å². The average Bonchev–Trinajstić information content (AvgIpc) is 3.31. The summed E-state index contributed by atoms with van der Waals surface area (Å²) in [6.45, 7) is 3.17. The van der Waals surface area contributed by atoms with Crippen molar-refractivity contribution in [1.82, 2.24) is 9.69 Å². The van der Waals surface area contributed by atoms with Gasteiger partial charge in [0.05, 0.1) is 26.5 Å². The number of anilines is 2. The van der Waals surface area contributed by atoms with Gasteiger partial charge < -0.3 is 31.0 Å². The summed E-state index contributed by atoms with van der Waals surface area (Å²) >= 11 is 0.685. The predicted molar refractivity (Wildman–Crippen MR) is 145 cm³/mol. The van der Waals surface area contributed by atoms with Crippen LogP contribution in [0.2, 0.25) is 0 Å². The number of esters is 1. The third-order valence-corrected chi connectivity index (χ3v) is 6.45. The molecule has 13 heteroatoms. The molecule has 0 saturated carbocycles. The molecule has 1 atom stereocenters. The average molecular weight is 556 g/mol. The van der Waals surface area contributed by atoms with Gasteiger partial charge in [-0.3, -0.25) is 24.1 Å². The van der Waals surface area contributed by atoms with Gasteiger partial charge in [0, 0.05) is 5.69 Å². The Balaban J connectivity index is 2.22. The van der Waals surface area contributed by atoms with Gasteiger partial charge in [-0.25, -0.2) is 0 Å². The number of nitrogen functional groups attached to an aromatic ring is 1. The van der Waals surface area contributed by atoms with Crippen LogP contribution in [0, 0.1) is 6.92 Å². The van der Waals surface area contributed by atoms with E-state index in [1.807, 2.05) is 13.0 Å². The molecular formula is C26H29N5O7S. The van der Waals surface area contributed by atoms with Crippen LogP contribution >= 0.6 is 11.5 Å². The third kappa shape index (κ3) is 6.44. The number of hydrogen-bond donors (Lipinski definition) is 3. The molecule has 0 spiro atoms. The first kappa shape index (κ1) is 28.9. The molecule has 1 aromatic heterocycles. The molecule has 5 N–H and O–H groups in total. The van der Waals surface area contributed by atoms with E-state index in [4.69, 9.17) is 25.7 Å². The highest BCUT2D eigenvalue weighted by Crippen LogP contribution is 2.36. The molecule has 39 heavy (non-hydrogen) atoms. The van der Waals surface area contributed by atoms with E-state index >= 15 is 0 Å². The smallest absolute Gasteiger partial charge is 0.325 e. The van der Waals surface area contributed by atoms with Crippen LogP contribution in [0.3, 0.4) is 0 Å². The Morgan fingerprint density at radius 3 is 2.38 bits per heavy atom. The molecule has 3 aromatic rings. The molecule has 0 fully saturated rings. The number of rotatable bonds is 11. The molecular weight excluding hydrogens is 526 g/mol. The van der Waals surface area contributed by atoms with Gasteiger partial charge in [-0.15, -0.1) is 0 Å². The Kier molecular flexibility index (Phi) is 9.44. The highest BCUT2D eigenvalue weighted by molar-refractivity contribution is 7.09. The van der Waals surface area contributed by atoms with Crippen LogP contribution in [0.25, 0.3) is 0 Å². The van der Waals surface area contributed by atoms with E-state index < -0.39 is 36.3 Å². The summed E-state index contributed by atoms with van der Waals surface area (Å²) in [5, 5.41) is 2.54. The second kappa shape index (κ2) is 12.7. The van der Waals surface area contributed by atoms with Gasteiger partial charge in [0.15, 0.2) is 17.2 Å². The van der Waals surface area contributed by atoms with Crippen molar-refractivity contribution >= 4 is 46.6 Å². The highest BCUT2D eigenvalue weighted by atomic mass is 32.1. The molecule has 0 unspecified atom stereocenters. The maximum absolute atomic E-state index is 14.1. The van der Waals surface area contributed by atoms with Gasteiger partial charge >= 0.3 is 5.97 Å². The Bertz CT molecular complexity index is 1390. The second-order valence-corrected chi connectivity index (χ2v) is 8.97. The zero-order chi connectivity index (χ0) is 28.7. The number of nitrogens with one attached hydrogen (secondary N) is 1. The van der Waals surface area contributed by atoms with E-state index in [2.05, 4.69) is 9.69 Å². The first-order valence-corrected chi connectivity index (χ1v) is 12.5. The minimum absolute atomic E-state index is 0.0889. The van der Waals surface area contributed by atoms with E-state index in [0.717, 1.165) is 5.56 Å². The lowest BCUT2D eigenvalue weighted by molar-refractivity contribution is -0.143. The van der Waals surface area contributed by atoms with Crippen molar-refractivity contribution in [3.05, 3.63) is 64.2 Å². The van der Waals surface area contributed by atoms with Crippen molar-refractivity contribution in [3.63, 3.8) is 0 Å². The Hall–Kier alpha value is -4.65. The maximum Gasteiger partial charge on any atom is 0.325 e. The van der Waals surface area contributed by atoms with E-state index in [9.17, 15) is 19.2 Å². The van der Waals surface area contributed by atoms with Crippen LogP contribution in [0.15, 0.2) is 42.5 Å². The first-order chi connectivity index (χ1) is 18.6. The summed E-state index contributed by atoms with van der Waals surface area (Å²) in [6, 6.07) is 10.3. The van der Waals surface area contributed by atoms with Gasteiger partial charge in [0.25, 0.3) is 11.8 Å². The number of carbonyl (C=O) groups excluding carboxylic acids is 4. The highest BCUT2D eigenvalue weighted by Gasteiger charge is 2.36. The summed E-state index contributed by atoms with van der Waals surface area (Å²) in [6.07, 6.45) is 0. The Morgan fingerprint density at radius 2 is 1.79 bits per heavy atom. The summed E-state index contributed by atoms with van der Waals surface area (Å²) in [7, 11) is 2.90. The summed E-state index contributed by atoms with van der Waals surface area (Å²) < 4.78 is 19.6. The number of aromatic nitrogens is 1. The topological polar surface area (TPSA) is 176 Å². The van der Waals surface area contributed by atoms with E-state index in [0.29, 0.717) is 34.3 Å². The SMILES string of the molecule is CCOC(=O)CNC(=O)[C@@H](c1ccc(OC)c(OC)c1)N(C(=O)c1snc(C(N)=O)c1N)c1cccc(C)c1. The maximum atomic E-state index is 14.1. The molecule has 12 nitrogen and oxygen atoms in total. The van der Waals surface area contributed by atoms with Crippen molar-refractivity contribution in [2.75, 3.05) is 38.0 Å². The number of nitrogens with zero attached hydrogens (tertiary/aromatic N) is 2. The largest absolute Gasteiger partial charge is 0.493 e. The molecule has 0 aliphatic heterocycles. The molecule has 0 bridgehead atoms. The number of methoxy groups -OCH3 is 2. The minimum atomic E-state index is -1.33. The Morgan fingerprint density at radius 1 is 1.08 bits per heavy atom. The van der Waals surface area contributed by atoms with Crippen LogP contribution in [-0.4, -0.2) is 55.4 Å². The van der Waals surface area contributed by atoms with Crippen molar-refractivity contribution in [1.29, 1.82) is 0 Å². The quantitative estimate of drug-likeness (QED) is 0.299. The number of aryl methyl sites for hydroxylation is 1. The van der Waals surface area contributed by atoms with Crippen LogP contribution in [0.5, 0.6) is 11.5 Å². The lowest BCUT2D eigenvalue weighted by Crippen LogP contribution is -2.45. The fourth-order valence-corrected chi connectivity index (χ4v) is 4.55. The minimum Gasteiger partial charge on any atom is -0.493 e. The monoisotopic (exact) mass is 555 g/mol. The number of nitrogens with two attached hydrogens (primary N) is 2. The molecule has 206 valence electrons. The molecule has 1 heterocycles. The van der Waals surface area contributed by atoms with E-state index in [-0.39, 0.29) is 22.9 Å². The van der Waals surface area contributed by atoms with Crippen molar-refractivity contribution < 1.29 is 33.4 Å². The Labute approximate surface area is 229 Å². The van der Waals surface area contributed by atoms with Gasteiger partial charge in [0.2, 0.25) is 5.91 Å². The van der Waals surface area contributed by atoms with Crippen molar-refractivity contribution in [2.24, 2.45) is 5.73 Å². The third-order valence-electron chi connectivity index (χ3n) is 5.60. The van der Waals surface area contributed by atoms with Gasteiger partial charge in [-0.1, -0.05) is 18.2 Å². The van der Waals surface area contributed by atoms with Crippen LogP contribution in [0.1, 0.15) is 44.3 Å². The predicted octanol–water partition coefficient (Wildman–Crippen LogP) is 2.22. The van der Waals surface area contributed by atoms with Crippen molar-refractivity contribution in [2.45, 2.75) is 19.9 Å². The summed E-state index contributed by atoms with van der Waals surface area (Å²) in [5.74, 6) is -2.24. The second-order valence-electron chi connectivity index (χ2n) is 8.19. The first-order valence-electron chi connectivity index (χ1n) is 11.7. The fourth-order valence-electron chi connectivity index (χ4n) is 3.81. The van der Waals surface area contributed by atoms with Crippen molar-refractivity contribution in [3.8, 4) is 11.5 Å². The molecule has 3 amide bonds. The molecule has 0 radical (unpaired) electrons. The lowest BCUT2D eigenvalue weighted by Gasteiger charge is -2.31. The van der Waals surface area contributed by atoms with Crippen LogP contribution < -0.4 is 31.2 Å². The summed E-state index contributed by atoms with van der Waals surface area (Å²) in [4.78, 5) is 52.7. The molecule has 0 aliphatic rings. The van der Waals surface area contributed by atoms with E-state index in [1.54, 1.807) is 43.3 Å². The van der Waals surface area contributed by atoms with Gasteiger partial charge in [0.1, 0.15) is 17.5 Å².